The largest absolute Gasteiger partial charge is 0.334 e. The van der Waals surface area contributed by atoms with Crippen molar-refractivity contribution < 1.29 is 4.79 Å². The molecule has 4 heteroatoms. The van der Waals surface area contributed by atoms with Crippen LogP contribution in [0.25, 0.3) is 0 Å². The first-order chi connectivity index (χ1) is 14.3. The van der Waals surface area contributed by atoms with Crippen LogP contribution < -0.4 is 0 Å². The van der Waals surface area contributed by atoms with Crippen molar-refractivity contribution in [2.24, 2.45) is 5.41 Å². The average molecular weight is 383 g/mol. The number of amides is 1. The highest BCUT2D eigenvalue weighted by molar-refractivity contribution is 5.80. The Morgan fingerprint density at radius 2 is 1.69 bits per heavy atom. The molecule has 1 unspecified atom stereocenters. The maximum atomic E-state index is 13.3. The number of hydrogen-bond donors (Lipinski definition) is 0. The normalized spacial score (nSPS) is 19.4. The average Bonchev–Trinajstić information content (AvgIpc) is 3.39. The topological polar surface area (TPSA) is 38.1 Å². The Labute approximate surface area is 171 Å². The second-order valence-electron chi connectivity index (χ2n) is 8.25. The minimum Gasteiger partial charge on any atom is -0.334 e. The van der Waals surface area contributed by atoms with E-state index in [1.165, 1.54) is 11.1 Å². The van der Waals surface area contributed by atoms with E-state index < -0.39 is 0 Å². The summed E-state index contributed by atoms with van der Waals surface area (Å²) in [6, 6.07) is 21.0. The predicted molar refractivity (Wildman–Crippen MR) is 113 cm³/mol. The first-order valence-corrected chi connectivity index (χ1v) is 10.3. The summed E-state index contributed by atoms with van der Waals surface area (Å²) in [5.41, 5.74) is 3.60. The third-order valence-electron chi connectivity index (χ3n) is 6.35. The van der Waals surface area contributed by atoms with Crippen molar-refractivity contribution in [2.45, 2.75) is 31.8 Å². The van der Waals surface area contributed by atoms with E-state index in [4.69, 9.17) is 0 Å². The van der Waals surface area contributed by atoms with E-state index in [0.29, 0.717) is 6.42 Å². The summed E-state index contributed by atoms with van der Waals surface area (Å²) in [6.07, 6.45) is 10.7. The second-order valence-corrected chi connectivity index (χ2v) is 8.25. The Bertz CT molecular complexity index is 1010. The van der Waals surface area contributed by atoms with Gasteiger partial charge in [0.05, 0.1) is 18.8 Å². The molecule has 1 aromatic heterocycles. The maximum absolute atomic E-state index is 13.3. The van der Waals surface area contributed by atoms with Crippen LogP contribution in [-0.2, 0) is 17.8 Å². The zero-order valence-corrected chi connectivity index (χ0v) is 16.4. The van der Waals surface area contributed by atoms with Crippen LogP contribution in [0.2, 0.25) is 0 Å². The molecule has 5 rings (SSSR count). The molecule has 1 atom stereocenters. The number of nitrogens with zero attached hydrogens (tertiary/aromatic N) is 3. The molecule has 2 aromatic carbocycles. The van der Waals surface area contributed by atoms with Gasteiger partial charge in [0.1, 0.15) is 0 Å². The van der Waals surface area contributed by atoms with Crippen molar-refractivity contribution in [3.63, 3.8) is 0 Å². The molecule has 1 amide bonds. The molecule has 0 bridgehead atoms. The van der Waals surface area contributed by atoms with E-state index in [1.54, 1.807) is 0 Å². The zero-order valence-electron chi connectivity index (χ0n) is 16.4. The van der Waals surface area contributed by atoms with E-state index in [1.807, 2.05) is 36.8 Å². The maximum Gasteiger partial charge on any atom is 0.229 e. The lowest BCUT2D eigenvalue weighted by Crippen LogP contribution is -2.60. The molecule has 0 radical (unpaired) electrons. The Balaban J connectivity index is 1.34. The first kappa shape index (κ1) is 17.9. The molecule has 146 valence electrons. The Morgan fingerprint density at radius 1 is 1.00 bits per heavy atom. The molecule has 0 N–H and O–H groups in total. The summed E-state index contributed by atoms with van der Waals surface area (Å²) in [5.74, 6) is 0.186. The molecule has 0 saturated carbocycles. The van der Waals surface area contributed by atoms with Gasteiger partial charge in [0.15, 0.2) is 0 Å². The quantitative estimate of drug-likeness (QED) is 0.613. The minimum absolute atomic E-state index is 0.164. The van der Waals surface area contributed by atoms with Crippen molar-refractivity contribution >= 4 is 5.91 Å². The van der Waals surface area contributed by atoms with E-state index in [0.717, 1.165) is 31.6 Å². The molecule has 1 aliphatic heterocycles. The monoisotopic (exact) mass is 383 g/mol. The number of imidazole rings is 1. The lowest BCUT2D eigenvalue weighted by molar-refractivity contribution is -0.154. The van der Waals surface area contributed by atoms with Gasteiger partial charge in [-0.15, -0.1) is 0 Å². The molecular formula is C25H25N3O. The Morgan fingerprint density at radius 3 is 2.41 bits per heavy atom. The van der Waals surface area contributed by atoms with Crippen molar-refractivity contribution in [3.05, 3.63) is 102 Å². The summed E-state index contributed by atoms with van der Waals surface area (Å²) in [4.78, 5) is 19.7. The Hall–Kier alpha value is -3.14. The summed E-state index contributed by atoms with van der Waals surface area (Å²) in [5, 5.41) is 0. The number of benzene rings is 2. The van der Waals surface area contributed by atoms with E-state index in [9.17, 15) is 4.79 Å². The van der Waals surface area contributed by atoms with E-state index >= 15 is 0 Å². The van der Waals surface area contributed by atoms with Crippen molar-refractivity contribution in [3.8, 4) is 0 Å². The van der Waals surface area contributed by atoms with E-state index in [-0.39, 0.29) is 17.4 Å². The lowest BCUT2D eigenvalue weighted by Gasteiger charge is -2.56. The molecule has 1 saturated heterocycles. The molecule has 4 nitrogen and oxygen atoms in total. The van der Waals surface area contributed by atoms with Crippen LogP contribution in [0.15, 0.2) is 85.3 Å². The van der Waals surface area contributed by atoms with Crippen molar-refractivity contribution in [2.75, 3.05) is 6.54 Å². The standard InChI is InChI=1S/C25H25N3O/c29-23(15-22-16-26-19-27(22)17-20-9-3-1-4-10-20)28-18-25(13-7-8-14-25)24(28)21-11-5-2-6-12-21/h1-12,16,19,24H,13-15,17-18H2. The molecule has 1 spiro atoms. The molecular weight excluding hydrogens is 358 g/mol. The van der Waals surface area contributed by atoms with Crippen LogP contribution in [0.1, 0.15) is 35.7 Å². The van der Waals surface area contributed by atoms with Crippen LogP contribution in [0.5, 0.6) is 0 Å². The highest BCUT2D eigenvalue weighted by Gasteiger charge is 2.54. The predicted octanol–water partition coefficient (Wildman–Crippen LogP) is 4.39. The van der Waals surface area contributed by atoms with Gasteiger partial charge in [-0.05, 0) is 24.0 Å². The summed E-state index contributed by atoms with van der Waals surface area (Å²) in [7, 11) is 0. The first-order valence-electron chi connectivity index (χ1n) is 10.3. The van der Waals surface area contributed by atoms with E-state index in [2.05, 4.69) is 63.0 Å². The molecule has 3 aromatic rings. The number of allylic oxidation sites excluding steroid dienone is 2. The van der Waals surface area contributed by atoms with Crippen LogP contribution in [0.3, 0.4) is 0 Å². The summed E-state index contributed by atoms with van der Waals surface area (Å²) in [6.45, 7) is 1.57. The fraction of sp³-hybridized carbons (Fsp3) is 0.280. The fourth-order valence-electron chi connectivity index (χ4n) is 4.88. The smallest absolute Gasteiger partial charge is 0.229 e. The number of rotatable bonds is 5. The highest BCUT2D eigenvalue weighted by Crippen LogP contribution is 2.56. The van der Waals surface area contributed by atoms with Gasteiger partial charge < -0.3 is 9.47 Å². The summed E-state index contributed by atoms with van der Waals surface area (Å²) >= 11 is 0. The van der Waals surface area contributed by atoms with Gasteiger partial charge in [-0.3, -0.25) is 4.79 Å². The SMILES string of the molecule is O=C(Cc1cncn1Cc1ccccc1)N1CC2(CC=CC2)C1c1ccccc1. The molecule has 2 heterocycles. The Kier molecular flexibility index (Phi) is 4.55. The highest BCUT2D eigenvalue weighted by atomic mass is 16.2. The molecule has 1 aliphatic carbocycles. The van der Waals surface area contributed by atoms with Crippen LogP contribution in [0, 0.1) is 5.41 Å². The second kappa shape index (κ2) is 7.36. The van der Waals surface area contributed by atoms with Gasteiger partial charge in [0.25, 0.3) is 0 Å². The van der Waals surface area contributed by atoms with Gasteiger partial charge in [-0.2, -0.15) is 0 Å². The molecule has 1 fully saturated rings. The number of carbonyl (C=O) groups excluding carboxylic acids is 1. The third-order valence-corrected chi connectivity index (χ3v) is 6.35. The number of aromatic nitrogens is 2. The van der Waals surface area contributed by atoms with Crippen LogP contribution in [-0.4, -0.2) is 26.9 Å². The van der Waals surface area contributed by atoms with Gasteiger partial charge in [0, 0.05) is 30.4 Å². The lowest BCUT2D eigenvalue weighted by atomic mass is 9.66. The van der Waals surface area contributed by atoms with Gasteiger partial charge in [-0.25, -0.2) is 4.98 Å². The zero-order chi connectivity index (χ0) is 19.7. The molecule has 29 heavy (non-hydrogen) atoms. The van der Waals surface area contributed by atoms with Crippen molar-refractivity contribution in [1.29, 1.82) is 0 Å². The molecule has 2 aliphatic rings. The van der Waals surface area contributed by atoms with Gasteiger partial charge in [0.2, 0.25) is 5.91 Å². The van der Waals surface area contributed by atoms with Crippen molar-refractivity contribution in [1.82, 2.24) is 14.5 Å². The minimum atomic E-state index is 0.164. The fourth-order valence-corrected chi connectivity index (χ4v) is 4.88. The van der Waals surface area contributed by atoms with Gasteiger partial charge >= 0.3 is 0 Å². The summed E-state index contributed by atoms with van der Waals surface area (Å²) < 4.78 is 2.08. The number of hydrogen-bond acceptors (Lipinski definition) is 2. The number of likely N-dealkylation sites (tertiary alicyclic amines) is 1. The van der Waals surface area contributed by atoms with Crippen LogP contribution >= 0.6 is 0 Å². The third kappa shape index (κ3) is 3.29. The van der Waals surface area contributed by atoms with Crippen LogP contribution in [0.4, 0.5) is 0 Å². The van der Waals surface area contributed by atoms with Gasteiger partial charge in [-0.1, -0.05) is 72.8 Å². The number of carbonyl (C=O) groups is 1.